The van der Waals surface area contributed by atoms with E-state index >= 15 is 0 Å². The minimum atomic E-state index is -0.00566. The van der Waals surface area contributed by atoms with E-state index in [1.165, 1.54) is 5.82 Å². The molecule has 3 aliphatic rings. The standard InChI is InChI=1S/C22H30N6OS/c1-17-13-21(28(24-17)18-5-3-2-4-6-18)26-9-7-25(8-10-26)19-14-20(23-15-19)22(29)27-11-12-30-16-27/h2-6,13,19-20,23H,7-12,14-16H2,1H3/t19-,20-/m1/s1. The van der Waals surface area contributed by atoms with E-state index in [9.17, 15) is 4.79 Å². The fourth-order valence-electron chi connectivity index (χ4n) is 4.78. The number of carbonyl (C=O) groups is 1. The van der Waals surface area contributed by atoms with Crippen molar-refractivity contribution in [2.75, 3.05) is 55.8 Å². The van der Waals surface area contributed by atoms with Crippen LogP contribution in [0, 0.1) is 6.92 Å². The number of nitrogens with one attached hydrogen (secondary N) is 1. The predicted molar refractivity (Wildman–Crippen MR) is 121 cm³/mol. The van der Waals surface area contributed by atoms with Crippen LogP contribution in [-0.2, 0) is 4.79 Å². The molecule has 30 heavy (non-hydrogen) atoms. The molecule has 3 saturated heterocycles. The summed E-state index contributed by atoms with van der Waals surface area (Å²) in [4.78, 5) is 19.7. The third kappa shape index (κ3) is 3.96. The van der Waals surface area contributed by atoms with Gasteiger partial charge in [0, 0.05) is 57.1 Å². The number of piperazine rings is 1. The van der Waals surface area contributed by atoms with Crippen LogP contribution in [0.25, 0.3) is 5.69 Å². The molecule has 8 heteroatoms. The van der Waals surface area contributed by atoms with Crippen LogP contribution in [0.4, 0.5) is 5.82 Å². The van der Waals surface area contributed by atoms with Gasteiger partial charge in [-0.25, -0.2) is 4.68 Å². The summed E-state index contributed by atoms with van der Waals surface area (Å²) in [6, 6.07) is 13.0. The zero-order valence-electron chi connectivity index (χ0n) is 17.5. The number of rotatable bonds is 4. The highest BCUT2D eigenvalue weighted by molar-refractivity contribution is 7.99. The van der Waals surface area contributed by atoms with Crippen molar-refractivity contribution in [1.82, 2.24) is 24.9 Å². The molecule has 1 amide bonds. The molecule has 0 saturated carbocycles. The highest BCUT2D eigenvalue weighted by Gasteiger charge is 2.36. The lowest BCUT2D eigenvalue weighted by molar-refractivity contribution is -0.131. The number of para-hydroxylation sites is 1. The molecule has 2 atom stereocenters. The Bertz CT molecular complexity index is 873. The third-order valence-electron chi connectivity index (χ3n) is 6.44. The molecule has 0 radical (unpaired) electrons. The first-order valence-electron chi connectivity index (χ1n) is 10.9. The quantitative estimate of drug-likeness (QED) is 0.801. The molecule has 1 N–H and O–H groups in total. The first-order chi connectivity index (χ1) is 14.7. The van der Waals surface area contributed by atoms with Crippen LogP contribution in [0.2, 0.25) is 0 Å². The summed E-state index contributed by atoms with van der Waals surface area (Å²) in [5.74, 6) is 3.39. The van der Waals surface area contributed by atoms with Gasteiger partial charge in [0.15, 0.2) is 0 Å². The Morgan fingerprint density at radius 2 is 1.93 bits per heavy atom. The lowest BCUT2D eigenvalue weighted by Crippen LogP contribution is -2.51. The van der Waals surface area contributed by atoms with Crippen LogP contribution in [0.15, 0.2) is 36.4 Å². The zero-order valence-corrected chi connectivity index (χ0v) is 18.4. The van der Waals surface area contributed by atoms with Gasteiger partial charge < -0.3 is 15.1 Å². The van der Waals surface area contributed by atoms with Crippen LogP contribution in [0.3, 0.4) is 0 Å². The van der Waals surface area contributed by atoms with Gasteiger partial charge in [-0.05, 0) is 25.5 Å². The van der Waals surface area contributed by atoms with Crippen molar-refractivity contribution in [3.63, 3.8) is 0 Å². The minimum absolute atomic E-state index is 0.00566. The van der Waals surface area contributed by atoms with Crippen molar-refractivity contribution in [3.8, 4) is 5.69 Å². The van der Waals surface area contributed by atoms with E-state index in [1.807, 2.05) is 22.7 Å². The van der Waals surface area contributed by atoms with Crippen molar-refractivity contribution in [1.29, 1.82) is 0 Å². The molecule has 7 nitrogen and oxygen atoms in total. The van der Waals surface area contributed by atoms with Crippen molar-refractivity contribution in [2.24, 2.45) is 0 Å². The minimum Gasteiger partial charge on any atom is -0.354 e. The topological polar surface area (TPSA) is 56.6 Å². The van der Waals surface area contributed by atoms with Gasteiger partial charge in [-0.2, -0.15) is 5.10 Å². The maximum atomic E-state index is 12.7. The monoisotopic (exact) mass is 426 g/mol. The molecular weight excluding hydrogens is 396 g/mol. The molecular formula is C22H30N6OS. The number of aromatic nitrogens is 2. The summed E-state index contributed by atoms with van der Waals surface area (Å²) < 4.78 is 2.06. The second-order valence-electron chi connectivity index (χ2n) is 8.40. The van der Waals surface area contributed by atoms with Crippen LogP contribution in [-0.4, -0.2) is 88.5 Å². The number of carbonyl (C=O) groups excluding carboxylic acids is 1. The van der Waals surface area contributed by atoms with Gasteiger partial charge in [0.2, 0.25) is 5.91 Å². The summed E-state index contributed by atoms with van der Waals surface area (Å²) in [6.07, 6.45) is 0.932. The van der Waals surface area contributed by atoms with E-state index in [0.29, 0.717) is 11.9 Å². The van der Waals surface area contributed by atoms with Gasteiger partial charge in [0.1, 0.15) is 5.82 Å². The average molecular weight is 427 g/mol. The molecule has 0 spiro atoms. The summed E-state index contributed by atoms with van der Waals surface area (Å²) in [5.41, 5.74) is 2.14. The Morgan fingerprint density at radius 3 is 2.67 bits per heavy atom. The molecule has 1 aromatic heterocycles. The van der Waals surface area contributed by atoms with Gasteiger partial charge in [-0.3, -0.25) is 9.69 Å². The molecule has 5 rings (SSSR count). The predicted octanol–water partition coefficient (Wildman–Crippen LogP) is 1.57. The molecule has 3 aliphatic heterocycles. The van der Waals surface area contributed by atoms with Crippen molar-refractivity contribution in [3.05, 3.63) is 42.1 Å². The van der Waals surface area contributed by atoms with E-state index in [4.69, 9.17) is 5.10 Å². The van der Waals surface area contributed by atoms with Gasteiger partial charge in [0.05, 0.1) is 23.3 Å². The number of amides is 1. The van der Waals surface area contributed by atoms with Gasteiger partial charge >= 0.3 is 0 Å². The Morgan fingerprint density at radius 1 is 1.13 bits per heavy atom. The van der Waals surface area contributed by atoms with Crippen LogP contribution in [0.1, 0.15) is 12.1 Å². The molecule has 2 aromatic rings. The maximum Gasteiger partial charge on any atom is 0.240 e. The maximum absolute atomic E-state index is 12.7. The van der Waals surface area contributed by atoms with Crippen molar-refractivity contribution >= 4 is 23.5 Å². The summed E-state index contributed by atoms with van der Waals surface area (Å²) >= 11 is 1.85. The highest BCUT2D eigenvalue weighted by atomic mass is 32.2. The van der Waals surface area contributed by atoms with Crippen molar-refractivity contribution in [2.45, 2.75) is 25.4 Å². The smallest absolute Gasteiger partial charge is 0.240 e. The van der Waals surface area contributed by atoms with E-state index in [0.717, 1.165) is 68.7 Å². The normalized spacial score (nSPS) is 25.2. The summed E-state index contributed by atoms with van der Waals surface area (Å²) in [6.45, 7) is 7.88. The number of anilines is 1. The zero-order chi connectivity index (χ0) is 20.5. The summed E-state index contributed by atoms with van der Waals surface area (Å²) in [7, 11) is 0. The fourth-order valence-corrected chi connectivity index (χ4v) is 5.73. The second-order valence-corrected chi connectivity index (χ2v) is 9.48. The first-order valence-corrected chi connectivity index (χ1v) is 12.1. The molecule has 160 valence electrons. The molecule has 4 heterocycles. The lowest BCUT2D eigenvalue weighted by atomic mass is 10.1. The SMILES string of the molecule is Cc1cc(N2CCN([C@H]3CN[C@@H](C(=O)N4CCSC4)C3)CC2)n(-c2ccccc2)n1. The molecule has 3 fully saturated rings. The molecule has 0 bridgehead atoms. The van der Waals surface area contributed by atoms with E-state index in [-0.39, 0.29) is 6.04 Å². The number of nitrogens with zero attached hydrogens (tertiary/aromatic N) is 5. The molecule has 1 aromatic carbocycles. The van der Waals surface area contributed by atoms with E-state index in [1.54, 1.807) is 0 Å². The number of thioether (sulfide) groups is 1. The van der Waals surface area contributed by atoms with Gasteiger partial charge in [-0.15, -0.1) is 11.8 Å². The largest absolute Gasteiger partial charge is 0.354 e. The Labute approximate surface area is 182 Å². The Kier molecular flexibility index (Phi) is 5.71. The third-order valence-corrected chi connectivity index (χ3v) is 7.40. The number of benzene rings is 1. The lowest BCUT2D eigenvalue weighted by Gasteiger charge is -2.38. The van der Waals surface area contributed by atoms with Crippen LogP contribution < -0.4 is 10.2 Å². The Hall–Kier alpha value is -2.03. The summed E-state index contributed by atoms with van der Waals surface area (Å²) in [5, 5.41) is 8.21. The average Bonchev–Trinajstić information content (AvgIpc) is 3.55. The van der Waals surface area contributed by atoms with Gasteiger partial charge in [0.25, 0.3) is 0 Å². The highest BCUT2D eigenvalue weighted by Crippen LogP contribution is 2.25. The molecule has 0 aliphatic carbocycles. The Balaban J connectivity index is 1.20. The number of aryl methyl sites for hydroxylation is 1. The first kappa shape index (κ1) is 19.9. The van der Waals surface area contributed by atoms with E-state index in [2.05, 4.69) is 57.1 Å². The number of hydrogen-bond donors (Lipinski definition) is 1. The fraction of sp³-hybridized carbons (Fsp3) is 0.545. The van der Waals surface area contributed by atoms with Gasteiger partial charge in [-0.1, -0.05) is 18.2 Å². The van der Waals surface area contributed by atoms with Crippen molar-refractivity contribution < 1.29 is 4.79 Å². The molecule has 0 unspecified atom stereocenters. The van der Waals surface area contributed by atoms with E-state index < -0.39 is 0 Å². The van der Waals surface area contributed by atoms with Crippen LogP contribution >= 0.6 is 11.8 Å². The second kappa shape index (κ2) is 8.61. The van der Waals surface area contributed by atoms with Crippen LogP contribution in [0.5, 0.6) is 0 Å². The number of hydrogen-bond acceptors (Lipinski definition) is 6.